The van der Waals surface area contributed by atoms with Crippen molar-refractivity contribution in [2.24, 2.45) is 0 Å². The van der Waals surface area contributed by atoms with E-state index < -0.39 is 23.5 Å². The molecule has 0 fully saturated rings. The lowest BCUT2D eigenvalue weighted by Crippen LogP contribution is -2.07. The Hall–Kier alpha value is -4.37. The number of esters is 1. The molecule has 0 atom stereocenters. The summed E-state index contributed by atoms with van der Waals surface area (Å²) in [6.45, 7) is 3.21. The Bertz CT molecular complexity index is 1760. The molecule has 0 bridgehead atoms. The van der Waals surface area contributed by atoms with Crippen LogP contribution in [0.4, 0.5) is 17.6 Å². The second kappa shape index (κ2) is 11.2. The van der Waals surface area contributed by atoms with E-state index >= 15 is 0 Å². The molecule has 1 heterocycles. The highest BCUT2D eigenvalue weighted by molar-refractivity contribution is 6.30. The summed E-state index contributed by atoms with van der Waals surface area (Å²) in [6, 6.07) is 20.2. The number of carbonyl (C=O) groups excluding carboxylic acids is 1. The number of carbonyl (C=O) groups is 1. The molecule has 0 radical (unpaired) electrons. The Labute approximate surface area is 237 Å². The number of aromatic nitrogens is 2. The molecule has 5 nitrogen and oxygen atoms in total. The number of fused-ring (bicyclic) bond motifs is 1. The first-order valence-electron chi connectivity index (χ1n) is 12.5. The van der Waals surface area contributed by atoms with Crippen molar-refractivity contribution in [3.63, 3.8) is 0 Å². The molecule has 0 aliphatic heterocycles. The zero-order valence-electron chi connectivity index (χ0n) is 21.9. The average molecular weight is 583 g/mol. The van der Waals surface area contributed by atoms with Crippen LogP contribution < -0.4 is 9.47 Å². The molecule has 5 rings (SSSR count). The van der Waals surface area contributed by atoms with Gasteiger partial charge < -0.3 is 9.47 Å². The van der Waals surface area contributed by atoms with E-state index in [4.69, 9.17) is 21.1 Å². The van der Waals surface area contributed by atoms with E-state index in [1.807, 2.05) is 13.0 Å². The quantitative estimate of drug-likeness (QED) is 0.110. The number of alkyl halides is 3. The first-order valence-corrected chi connectivity index (χ1v) is 12.9. The largest absolute Gasteiger partial charge is 0.489 e. The lowest BCUT2D eigenvalue weighted by molar-refractivity contribution is -0.136. The molecule has 210 valence electrons. The van der Waals surface area contributed by atoms with Crippen molar-refractivity contribution in [3.05, 3.63) is 112 Å². The van der Waals surface area contributed by atoms with Crippen LogP contribution in [0, 0.1) is 12.7 Å². The highest BCUT2D eigenvalue weighted by Crippen LogP contribution is 2.39. The summed E-state index contributed by atoms with van der Waals surface area (Å²) in [6.07, 6.45) is -4.63. The summed E-state index contributed by atoms with van der Waals surface area (Å²) in [5, 5.41) is 4.77. The summed E-state index contributed by atoms with van der Waals surface area (Å²) in [7, 11) is 0. The van der Waals surface area contributed by atoms with Crippen LogP contribution in [-0.2, 0) is 24.1 Å². The normalized spacial score (nSPS) is 11.6. The molecule has 0 amide bonds. The lowest BCUT2D eigenvalue weighted by Gasteiger charge is -2.12. The van der Waals surface area contributed by atoms with Crippen LogP contribution in [0.3, 0.4) is 0 Å². The molecule has 0 saturated carbocycles. The number of nitrogens with zero attached hydrogens (tertiary/aromatic N) is 2. The molecule has 5 aromatic rings. The predicted molar refractivity (Wildman–Crippen MR) is 148 cm³/mol. The fourth-order valence-electron chi connectivity index (χ4n) is 4.58. The van der Waals surface area contributed by atoms with E-state index in [1.165, 1.54) is 29.8 Å². The average Bonchev–Trinajstić information content (AvgIpc) is 3.28. The third-order valence-electron chi connectivity index (χ3n) is 6.42. The number of rotatable bonds is 7. The monoisotopic (exact) mass is 582 g/mol. The molecule has 41 heavy (non-hydrogen) atoms. The van der Waals surface area contributed by atoms with Crippen LogP contribution in [0.5, 0.6) is 11.5 Å². The van der Waals surface area contributed by atoms with E-state index in [2.05, 4.69) is 5.10 Å². The number of ether oxygens (including phenoxy) is 2. The highest BCUT2D eigenvalue weighted by atomic mass is 35.5. The van der Waals surface area contributed by atoms with Crippen molar-refractivity contribution in [1.82, 2.24) is 9.78 Å². The minimum Gasteiger partial charge on any atom is -0.489 e. The van der Waals surface area contributed by atoms with Crippen LogP contribution >= 0.6 is 11.6 Å². The minimum atomic E-state index is -4.63. The van der Waals surface area contributed by atoms with Crippen LogP contribution in [0.15, 0.2) is 78.9 Å². The second-order valence-corrected chi connectivity index (χ2v) is 9.89. The van der Waals surface area contributed by atoms with Crippen molar-refractivity contribution in [2.45, 2.75) is 33.2 Å². The number of benzene rings is 4. The van der Waals surface area contributed by atoms with Gasteiger partial charge in [0.15, 0.2) is 0 Å². The molecule has 0 spiro atoms. The van der Waals surface area contributed by atoms with Gasteiger partial charge in [-0.3, -0.25) is 9.48 Å². The maximum atomic E-state index is 14.7. The SMILES string of the molecule is CC(=O)Oc1ccc(COc2cccc(-c3c4cccc(C(F)(F)F)c4nn3Cc3ccc(Cl)cc3F)c2)cc1C. The van der Waals surface area contributed by atoms with Gasteiger partial charge in [-0.2, -0.15) is 18.3 Å². The Kier molecular flexibility index (Phi) is 7.73. The molecular formula is C31H23ClF4N2O3. The second-order valence-electron chi connectivity index (χ2n) is 9.45. The Morgan fingerprint density at radius 3 is 2.49 bits per heavy atom. The van der Waals surface area contributed by atoms with Crippen molar-refractivity contribution < 1.29 is 31.8 Å². The molecule has 0 N–H and O–H groups in total. The zero-order valence-corrected chi connectivity index (χ0v) is 22.7. The highest BCUT2D eigenvalue weighted by Gasteiger charge is 2.34. The fourth-order valence-corrected chi connectivity index (χ4v) is 4.74. The van der Waals surface area contributed by atoms with Crippen LogP contribution in [0.1, 0.15) is 29.2 Å². The number of hydrogen-bond acceptors (Lipinski definition) is 4. The standard InChI is InChI=1S/C31H23ClF4N2O3/c1-18-13-20(9-12-28(18)41-19(2)39)17-40-24-6-3-5-21(14-24)30-25-7-4-8-26(31(34,35)36)29(25)37-38(30)16-22-10-11-23(32)15-27(22)33/h3-15H,16-17H2,1-2H3. The van der Waals surface area contributed by atoms with Crippen LogP contribution in [0.25, 0.3) is 22.2 Å². The van der Waals surface area contributed by atoms with Gasteiger partial charge in [-0.25, -0.2) is 4.39 Å². The van der Waals surface area contributed by atoms with Gasteiger partial charge in [0.05, 0.1) is 17.8 Å². The van der Waals surface area contributed by atoms with E-state index in [1.54, 1.807) is 42.5 Å². The zero-order chi connectivity index (χ0) is 29.3. The van der Waals surface area contributed by atoms with Crippen molar-refractivity contribution in [1.29, 1.82) is 0 Å². The van der Waals surface area contributed by atoms with E-state index in [0.717, 1.165) is 23.3 Å². The Morgan fingerprint density at radius 1 is 1.00 bits per heavy atom. The summed E-state index contributed by atoms with van der Waals surface area (Å²) in [5.74, 6) is -0.0820. The molecule has 0 aliphatic rings. The molecule has 0 aliphatic carbocycles. The smallest absolute Gasteiger partial charge is 0.418 e. The summed E-state index contributed by atoms with van der Waals surface area (Å²) >= 11 is 5.89. The molecule has 10 heteroatoms. The lowest BCUT2D eigenvalue weighted by atomic mass is 10.0. The molecule has 1 aromatic heterocycles. The van der Waals surface area contributed by atoms with Crippen molar-refractivity contribution in [3.8, 4) is 22.8 Å². The number of aryl methyl sites for hydroxylation is 1. The fraction of sp³-hybridized carbons (Fsp3) is 0.161. The van der Waals surface area contributed by atoms with Crippen LogP contribution in [-0.4, -0.2) is 15.7 Å². The van der Waals surface area contributed by atoms with E-state index in [-0.39, 0.29) is 34.6 Å². The van der Waals surface area contributed by atoms with Crippen LogP contribution in [0.2, 0.25) is 5.02 Å². The summed E-state index contributed by atoms with van der Waals surface area (Å²) in [4.78, 5) is 11.3. The van der Waals surface area contributed by atoms with Gasteiger partial charge in [-0.1, -0.05) is 48.0 Å². The minimum absolute atomic E-state index is 0.122. The van der Waals surface area contributed by atoms with Gasteiger partial charge >= 0.3 is 12.1 Å². The molecule has 0 saturated heterocycles. The third kappa shape index (κ3) is 6.20. The Morgan fingerprint density at radius 2 is 1.78 bits per heavy atom. The molecular weight excluding hydrogens is 560 g/mol. The summed E-state index contributed by atoms with van der Waals surface area (Å²) in [5.41, 5.74) is 1.61. The van der Waals surface area contributed by atoms with Gasteiger partial charge in [0.25, 0.3) is 0 Å². The number of hydrogen-bond donors (Lipinski definition) is 0. The number of halogens is 5. The van der Waals surface area contributed by atoms with Gasteiger partial charge in [0.2, 0.25) is 0 Å². The topological polar surface area (TPSA) is 53.4 Å². The molecule has 0 unspecified atom stereocenters. The first-order chi connectivity index (χ1) is 19.5. The van der Waals surface area contributed by atoms with Crippen molar-refractivity contribution in [2.75, 3.05) is 0 Å². The maximum absolute atomic E-state index is 14.7. The summed E-state index contributed by atoms with van der Waals surface area (Å²) < 4.78 is 68.8. The Balaban J connectivity index is 1.52. The predicted octanol–water partition coefficient (Wildman–Crippen LogP) is 8.38. The van der Waals surface area contributed by atoms with Gasteiger partial charge in [-0.15, -0.1) is 0 Å². The van der Waals surface area contributed by atoms with Gasteiger partial charge in [0, 0.05) is 28.5 Å². The first kappa shape index (κ1) is 28.2. The third-order valence-corrected chi connectivity index (χ3v) is 6.65. The van der Waals surface area contributed by atoms with Crippen molar-refractivity contribution >= 4 is 28.5 Å². The van der Waals surface area contributed by atoms with E-state index in [9.17, 15) is 22.4 Å². The maximum Gasteiger partial charge on any atom is 0.418 e. The van der Waals surface area contributed by atoms with Gasteiger partial charge in [-0.05, 0) is 60.5 Å². The van der Waals surface area contributed by atoms with E-state index in [0.29, 0.717) is 22.8 Å². The van der Waals surface area contributed by atoms with Gasteiger partial charge in [0.1, 0.15) is 29.4 Å². The molecule has 4 aromatic carbocycles.